The van der Waals surface area contributed by atoms with Crippen LogP contribution in [0.3, 0.4) is 0 Å². The maximum Gasteiger partial charge on any atom is 0.329 e. The van der Waals surface area contributed by atoms with Crippen LogP contribution in [0.1, 0.15) is 13.8 Å². The number of cyclic esters (lactones) is 2. The third-order valence-corrected chi connectivity index (χ3v) is 2.94. The second-order valence-electron chi connectivity index (χ2n) is 5.04. The number of methoxy groups -OCH3 is 2. The van der Waals surface area contributed by atoms with Crippen LogP contribution in [0.2, 0.25) is 0 Å². The minimum absolute atomic E-state index is 0.493. The average Bonchev–Trinajstić information content (AvgIpc) is 2.44. The van der Waals surface area contributed by atoms with E-state index in [0.29, 0.717) is 17.2 Å². The van der Waals surface area contributed by atoms with Gasteiger partial charge >= 0.3 is 11.9 Å². The molecule has 1 aliphatic rings. The van der Waals surface area contributed by atoms with Gasteiger partial charge in [0.2, 0.25) is 0 Å². The first-order valence-electron chi connectivity index (χ1n) is 6.58. The highest BCUT2D eigenvalue weighted by Crippen LogP contribution is 2.31. The van der Waals surface area contributed by atoms with Crippen molar-refractivity contribution in [3.8, 4) is 11.5 Å². The molecule has 0 aliphatic carbocycles. The van der Waals surface area contributed by atoms with E-state index in [1.807, 2.05) is 0 Å². The molecule has 1 saturated heterocycles. The molecule has 1 fully saturated rings. The Morgan fingerprint density at radius 2 is 1.68 bits per heavy atom. The van der Waals surface area contributed by atoms with Gasteiger partial charge in [0, 0.05) is 26.1 Å². The fourth-order valence-electron chi connectivity index (χ4n) is 1.92. The number of benzene rings is 1. The summed E-state index contributed by atoms with van der Waals surface area (Å²) < 4.78 is 20.3. The van der Waals surface area contributed by atoms with Crippen molar-refractivity contribution in [1.82, 2.24) is 0 Å². The highest BCUT2D eigenvalue weighted by Gasteiger charge is 2.42. The van der Waals surface area contributed by atoms with Crippen LogP contribution in [0.25, 0.3) is 0 Å². The van der Waals surface area contributed by atoms with E-state index < -0.39 is 23.6 Å². The van der Waals surface area contributed by atoms with Crippen molar-refractivity contribution in [3.63, 3.8) is 0 Å². The standard InChI is InChI=1S/C15H17NO6/c1-15(2)21-13(17)10(14(18)22-15)8-16-9-5-6-11(19-3)12(7-9)20-4/h5-8,10H,1-4H3. The quantitative estimate of drug-likeness (QED) is 0.479. The second-order valence-corrected chi connectivity index (χ2v) is 5.04. The van der Waals surface area contributed by atoms with Crippen molar-refractivity contribution in [2.75, 3.05) is 14.2 Å². The van der Waals surface area contributed by atoms with E-state index >= 15 is 0 Å². The summed E-state index contributed by atoms with van der Waals surface area (Å²) in [5.74, 6) is -2.76. The lowest BCUT2D eigenvalue weighted by molar-refractivity contribution is -0.235. The van der Waals surface area contributed by atoms with Crippen LogP contribution in [-0.2, 0) is 19.1 Å². The molecule has 0 spiro atoms. The maximum atomic E-state index is 11.8. The molecular weight excluding hydrogens is 290 g/mol. The molecular formula is C15H17NO6. The molecule has 118 valence electrons. The van der Waals surface area contributed by atoms with E-state index in [-0.39, 0.29) is 0 Å². The van der Waals surface area contributed by atoms with Crippen molar-refractivity contribution in [3.05, 3.63) is 18.2 Å². The first kappa shape index (κ1) is 15.8. The van der Waals surface area contributed by atoms with Crippen LogP contribution in [0.5, 0.6) is 11.5 Å². The number of ether oxygens (including phenoxy) is 4. The summed E-state index contributed by atoms with van der Waals surface area (Å²) in [6.45, 7) is 2.98. The number of carbonyl (C=O) groups is 2. The monoisotopic (exact) mass is 307 g/mol. The molecule has 1 heterocycles. The zero-order valence-corrected chi connectivity index (χ0v) is 12.8. The van der Waals surface area contributed by atoms with E-state index in [4.69, 9.17) is 18.9 Å². The summed E-state index contributed by atoms with van der Waals surface area (Å²) in [6.07, 6.45) is 1.20. The van der Waals surface area contributed by atoms with Crippen molar-refractivity contribution in [2.24, 2.45) is 10.9 Å². The molecule has 0 bridgehead atoms. The minimum Gasteiger partial charge on any atom is -0.493 e. The zero-order valence-electron chi connectivity index (χ0n) is 12.8. The van der Waals surface area contributed by atoms with Gasteiger partial charge in [0.15, 0.2) is 17.4 Å². The Hall–Kier alpha value is -2.57. The third-order valence-electron chi connectivity index (χ3n) is 2.94. The third kappa shape index (κ3) is 3.36. The lowest BCUT2D eigenvalue weighted by Gasteiger charge is -2.31. The number of carbonyl (C=O) groups excluding carboxylic acids is 2. The largest absolute Gasteiger partial charge is 0.493 e. The van der Waals surface area contributed by atoms with Gasteiger partial charge in [0.1, 0.15) is 0 Å². The molecule has 0 unspecified atom stereocenters. The summed E-state index contributed by atoms with van der Waals surface area (Å²) in [5, 5.41) is 0. The van der Waals surface area contributed by atoms with Crippen molar-refractivity contribution < 1.29 is 28.5 Å². The molecule has 1 aromatic rings. The first-order valence-corrected chi connectivity index (χ1v) is 6.58. The Kier molecular flexibility index (Phi) is 4.35. The highest BCUT2D eigenvalue weighted by molar-refractivity contribution is 6.10. The molecule has 1 aliphatic heterocycles. The maximum absolute atomic E-state index is 11.8. The van der Waals surface area contributed by atoms with Crippen molar-refractivity contribution in [1.29, 1.82) is 0 Å². The Balaban J connectivity index is 2.18. The topological polar surface area (TPSA) is 83.4 Å². The van der Waals surface area contributed by atoms with Crippen LogP contribution in [-0.4, -0.2) is 38.2 Å². The predicted molar refractivity (Wildman–Crippen MR) is 77.5 cm³/mol. The number of esters is 2. The van der Waals surface area contributed by atoms with Crippen molar-refractivity contribution >= 4 is 23.8 Å². The van der Waals surface area contributed by atoms with Gasteiger partial charge in [-0.2, -0.15) is 0 Å². The van der Waals surface area contributed by atoms with E-state index in [9.17, 15) is 9.59 Å². The predicted octanol–water partition coefficient (Wildman–Crippen LogP) is 1.86. The molecule has 0 radical (unpaired) electrons. The van der Waals surface area contributed by atoms with Crippen LogP contribution in [0.15, 0.2) is 23.2 Å². The lowest BCUT2D eigenvalue weighted by atomic mass is 10.1. The summed E-state index contributed by atoms with van der Waals surface area (Å²) in [4.78, 5) is 27.7. The molecule has 7 heteroatoms. The van der Waals surface area contributed by atoms with Crippen LogP contribution in [0, 0.1) is 5.92 Å². The van der Waals surface area contributed by atoms with Crippen molar-refractivity contribution in [2.45, 2.75) is 19.6 Å². The molecule has 7 nitrogen and oxygen atoms in total. The molecule has 0 N–H and O–H groups in total. The Bertz CT molecular complexity index is 602. The molecule has 1 aromatic carbocycles. The fraction of sp³-hybridized carbons (Fsp3) is 0.400. The van der Waals surface area contributed by atoms with Crippen LogP contribution >= 0.6 is 0 Å². The van der Waals surface area contributed by atoms with E-state index in [1.165, 1.54) is 34.3 Å². The van der Waals surface area contributed by atoms with Gasteiger partial charge in [-0.25, -0.2) is 0 Å². The molecule has 0 saturated carbocycles. The number of aliphatic imine (C=N–C) groups is 1. The van der Waals surface area contributed by atoms with E-state index in [2.05, 4.69) is 4.99 Å². The van der Waals surface area contributed by atoms with Gasteiger partial charge in [0.25, 0.3) is 5.79 Å². The summed E-state index contributed by atoms with van der Waals surface area (Å²) in [5.41, 5.74) is 0.503. The lowest BCUT2D eigenvalue weighted by Crippen LogP contribution is -2.46. The van der Waals surface area contributed by atoms with Gasteiger partial charge in [0.05, 0.1) is 19.9 Å². The fourth-order valence-corrected chi connectivity index (χ4v) is 1.92. The molecule has 0 amide bonds. The number of hydrogen-bond acceptors (Lipinski definition) is 7. The number of rotatable bonds is 4. The summed E-state index contributed by atoms with van der Waals surface area (Å²) in [6, 6.07) is 4.96. The average molecular weight is 307 g/mol. The van der Waals surface area contributed by atoms with Crippen LogP contribution in [0.4, 0.5) is 5.69 Å². The smallest absolute Gasteiger partial charge is 0.329 e. The van der Waals surface area contributed by atoms with Gasteiger partial charge in [-0.3, -0.25) is 14.6 Å². The second kappa shape index (κ2) is 6.05. The highest BCUT2D eigenvalue weighted by atomic mass is 16.7. The van der Waals surface area contributed by atoms with E-state index in [0.717, 1.165) is 0 Å². The molecule has 2 rings (SSSR count). The minimum atomic E-state index is -1.25. The van der Waals surface area contributed by atoms with Gasteiger partial charge in [-0.15, -0.1) is 0 Å². The summed E-state index contributed by atoms with van der Waals surface area (Å²) in [7, 11) is 3.03. The molecule has 22 heavy (non-hydrogen) atoms. The SMILES string of the molecule is COc1ccc(N=CC2C(=O)OC(C)(C)OC2=O)cc1OC. The molecule has 0 aromatic heterocycles. The van der Waals surface area contributed by atoms with Gasteiger partial charge in [-0.05, 0) is 12.1 Å². The number of nitrogens with zero attached hydrogens (tertiary/aromatic N) is 1. The first-order chi connectivity index (χ1) is 10.4. The zero-order chi connectivity index (χ0) is 16.3. The summed E-state index contributed by atoms with van der Waals surface area (Å²) >= 11 is 0. The van der Waals surface area contributed by atoms with Gasteiger partial charge < -0.3 is 18.9 Å². The number of hydrogen-bond donors (Lipinski definition) is 0. The Morgan fingerprint density at radius 3 is 2.23 bits per heavy atom. The Labute approximate surface area is 127 Å². The van der Waals surface area contributed by atoms with E-state index in [1.54, 1.807) is 18.2 Å². The Morgan fingerprint density at radius 1 is 1.09 bits per heavy atom. The van der Waals surface area contributed by atoms with Crippen LogP contribution < -0.4 is 9.47 Å². The molecule has 0 atom stereocenters. The normalized spacial score (nSPS) is 18.0. The van der Waals surface area contributed by atoms with Gasteiger partial charge in [-0.1, -0.05) is 0 Å².